The van der Waals surface area contributed by atoms with Gasteiger partial charge in [0.1, 0.15) is 10.4 Å². The summed E-state index contributed by atoms with van der Waals surface area (Å²) in [6.07, 6.45) is 3.13. The molecule has 2 heterocycles. The molecule has 164 valence electrons. The van der Waals surface area contributed by atoms with Crippen LogP contribution >= 0.6 is 15.9 Å². The monoisotopic (exact) mass is 494 g/mol. The molecule has 1 fully saturated rings. The zero-order chi connectivity index (χ0) is 22.1. The molecule has 0 bridgehead atoms. The van der Waals surface area contributed by atoms with E-state index in [0.717, 1.165) is 29.8 Å². The van der Waals surface area contributed by atoms with Gasteiger partial charge in [-0.2, -0.15) is 9.49 Å². The lowest BCUT2D eigenvalue weighted by Crippen LogP contribution is -2.29. The van der Waals surface area contributed by atoms with Gasteiger partial charge in [-0.05, 0) is 60.7 Å². The number of benzene rings is 1. The minimum absolute atomic E-state index is 0.0697. The molecule has 1 N–H and O–H groups in total. The molecule has 2 aromatic heterocycles. The number of halogens is 3. The summed E-state index contributed by atoms with van der Waals surface area (Å²) in [6, 6.07) is 5.72. The molecule has 3 aromatic rings. The van der Waals surface area contributed by atoms with Crippen molar-refractivity contribution < 1.29 is 23.4 Å². The molecule has 0 unspecified atom stereocenters. The van der Waals surface area contributed by atoms with Crippen molar-refractivity contribution in [3.05, 3.63) is 46.7 Å². The number of anilines is 1. The van der Waals surface area contributed by atoms with Gasteiger partial charge < -0.3 is 9.84 Å². The molecule has 0 radical (unpaired) electrons. The van der Waals surface area contributed by atoms with E-state index in [2.05, 4.69) is 26.0 Å². The average Bonchev–Trinajstić information content (AvgIpc) is 3.08. The van der Waals surface area contributed by atoms with Crippen LogP contribution in [0, 0.1) is 11.6 Å². The summed E-state index contributed by atoms with van der Waals surface area (Å²) in [5.41, 5.74) is 0.789. The maximum Gasteiger partial charge on any atom is 0.412 e. The van der Waals surface area contributed by atoms with Crippen molar-refractivity contribution in [3.8, 4) is 5.75 Å². The number of nitrogens with zero attached hydrogens (tertiary/aromatic N) is 4. The highest BCUT2D eigenvalue weighted by molar-refractivity contribution is 9.10. The van der Waals surface area contributed by atoms with Crippen LogP contribution < -0.4 is 9.64 Å². The summed E-state index contributed by atoms with van der Waals surface area (Å²) in [5.74, 6) is -1.62. The Morgan fingerprint density at radius 3 is 2.74 bits per heavy atom. The zero-order valence-electron chi connectivity index (χ0n) is 16.8. The minimum atomic E-state index is -1.07. The third-order valence-corrected chi connectivity index (χ3v) is 6.14. The second kappa shape index (κ2) is 8.78. The van der Waals surface area contributed by atoms with Crippen LogP contribution in [0.2, 0.25) is 0 Å². The molecule has 10 heteroatoms. The number of aromatic nitrogens is 3. The van der Waals surface area contributed by atoms with Crippen LogP contribution in [-0.4, -0.2) is 38.6 Å². The van der Waals surface area contributed by atoms with Gasteiger partial charge in [-0.1, -0.05) is 6.07 Å². The Hall–Kier alpha value is -2.75. The van der Waals surface area contributed by atoms with E-state index in [-0.39, 0.29) is 24.4 Å². The first-order valence-electron chi connectivity index (χ1n) is 10.0. The lowest BCUT2D eigenvalue weighted by molar-refractivity contribution is 0.125. The molecule has 31 heavy (non-hydrogen) atoms. The molecule has 1 saturated carbocycles. The van der Waals surface area contributed by atoms with Crippen molar-refractivity contribution in [3.63, 3.8) is 0 Å². The number of amides is 1. The topological polar surface area (TPSA) is 80.5 Å². The lowest BCUT2D eigenvalue weighted by atomic mass is 9.93. The summed E-state index contributed by atoms with van der Waals surface area (Å²) in [4.78, 5) is 16.9. The molecular formula is C21H21BrF2N4O3. The average molecular weight is 495 g/mol. The fraction of sp³-hybridized carbons (Fsp3) is 0.381. The SMILES string of the molecule is CCN(C(=O)O)c1cc2c(cn1)c(Br)nn2C1CCC(Oc2cccc(F)c2F)CC1. The molecule has 0 aliphatic heterocycles. The first-order valence-corrected chi connectivity index (χ1v) is 10.8. The molecule has 0 atom stereocenters. The molecule has 7 nitrogen and oxygen atoms in total. The van der Waals surface area contributed by atoms with E-state index in [1.54, 1.807) is 19.2 Å². The standard InChI is InChI=1S/C21H21BrF2N4O3/c1-2-27(21(29)30)18-10-16-14(11-25-18)20(22)26-28(16)12-6-8-13(9-7-12)31-17-5-3-4-15(23)19(17)24/h3-5,10-13H,2,6-9H2,1H3,(H,29,30). The first kappa shape index (κ1) is 21.5. The Morgan fingerprint density at radius 1 is 1.32 bits per heavy atom. The second-order valence-electron chi connectivity index (χ2n) is 7.42. The van der Waals surface area contributed by atoms with Gasteiger partial charge in [-0.3, -0.25) is 9.58 Å². The Bertz CT molecular complexity index is 1120. The van der Waals surface area contributed by atoms with Crippen molar-refractivity contribution in [1.29, 1.82) is 0 Å². The van der Waals surface area contributed by atoms with Gasteiger partial charge in [0.2, 0.25) is 5.82 Å². The van der Waals surface area contributed by atoms with Crippen molar-refractivity contribution in [2.24, 2.45) is 0 Å². The van der Waals surface area contributed by atoms with E-state index in [1.165, 1.54) is 17.0 Å². The number of pyridine rings is 1. The largest absolute Gasteiger partial charge is 0.487 e. The third-order valence-electron chi connectivity index (χ3n) is 5.56. The quantitative estimate of drug-likeness (QED) is 0.503. The van der Waals surface area contributed by atoms with Crippen LogP contribution in [0.1, 0.15) is 38.6 Å². The third kappa shape index (κ3) is 4.21. The molecule has 1 amide bonds. The van der Waals surface area contributed by atoms with Crippen molar-refractivity contribution >= 4 is 38.7 Å². The zero-order valence-corrected chi connectivity index (χ0v) is 18.3. The normalized spacial score (nSPS) is 18.8. The fourth-order valence-electron chi connectivity index (χ4n) is 3.97. The maximum absolute atomic E-state index is 13.9. The highest BCUT2D eigenvalue weighted by atomic mass is 79.9. The van der Waals surface area contributed by atoms with Gasteiger partial charge in [-0.15, -0.1) is 0 Å². The predicted molar refractivity (Wildman–Crippen MR) is 115 cm³/mol. The van der Waals surface area contributed by atoms with Gasteiger partial charge in [0.05, 0.1) is 23.0 Å². The number of ether oxygens (including phenoxy) is 1. The number of fused-ring (bicyclic) bond motifs is 1. The van der Waals surface area contributed by atoms with Crippen LogP contribution in [0.25, 0.3) is 10.9 Å². The smallest absolute Gasteiger partial charge is 0.412 e. The number of rotatable bonds is 5. The van der Waals surface area contributed by atoms with Crippen molar-refractivity contribution in [1.82, 2.24) is 14.8 Å². The minimum Gasteiger partial charge on any atom is -0.487 e. The summed E-state index contributed by atoms with van der Waals surface area (Å²) >= 11 is 3.46. The highest BCUT2D eigenvalue weighted by Gasteiger charge is 2.27. The van der Waals surface area contributed by atoms with Gasteiger partial charge >= 0.3 is 6.09 Å². The van der Waals surface area contributed by atoms with Gasteiger partial charge in [0.15, 0.2) is 11.6 Å². The number of carbonyl (C=O) groups is 1. The first-order chi connectivity index (χ1) is 14.9. The van der Waals surface area contributed by atoms with Gasteiger partial charge in [0, 0.05) is 18.8 Å². The highest BCUT2D eigenvalue weighted by Crippen LogP contribution is 2.36. The van der Waals surface area contributed by atoms with Crippen LogP contribution in [0.4, 0.5) is 19.4 Å². The van der Waals surface area contributed by atoms with Crippen LogP contribution in [0.5, 0.6) is 5.75 Å². The number of hydrogen-bond donors (Lipinski definition) is 1. The van der Waals surface area contributed by atoms with E-state index in [1.807, 2.05) is 4.68 Å². The summed E-state index contributed by atoms with van der Waals surface area (Å²) in [6.45, 7) is 2.03. The summed E-state index contributed by atoms with van der Waals surface area (Å²) < 4.78 is 35.5. The number of hydrogen-bond acceptors (Lipinski definition) is 4. The van der Waals surface area contributed by atoms with E-state index in [4.69, 9.17) is 4.74 Å². The molecule has 1 aliphatic rings. The Morgan fingerprint density at radius 2 is 2.06 bits per heavy atom. The second-order valence-corrected chi connectivity index (χ2v) is 8.17. The Balaban J connectivity index is 1.53. The predicted octanol–water partition coefficient (Wildman–Crippen LogP) is 5.54. The van der Waals surface area contributed by atoms with E-state index < -0.39 is 17.7 Å². The molecule has 4 rings (SSSR count). The van der Waals surface area contributed by atoms with Crippen molar-refractivity contribution in [2.75, 3.05) is 11.4 Å². The molecule has 0 saturated heterocycles. The summed E-state index contributed by atoms with van der Waals surface area (Å²) in [5, 5.41) is 14.8. The molecule has 0 spiro atoms. The molecule has 1 aromatic carbocycles. The van der Waals surface area contributed by atoms with Gasteiger partial charge in [0.25, 0.3) is 0 Å². The van der Waals surface area contributed by atoms with Gasteiger partial charge in [-0.25, -0.2) is 14.2 Å². The summed E-state index contributed by atoms with van der Waals surface area (Å²) in [7, 11) is 0. The van der Waals surface area contributed by atoms with Crippen LogP contribution in [-0.2, 0) is 0 Å². The lowest BCUT2D eigenvalue weighted by Gasteiger charge is -2.29. The Kier molecular flexibility index (Phi) is 6.08. The fourth-order valence-corrected chi connectivity index (χ4v) is 4.44. The maximum atomic E-state index is 13.9. The van der Waals surface area contributed by atoms with E-state index >= 15 is 0 Å². The van der Waals surface area contributed by atoms with Crippen molar-refractivity contribution in [2.45, 2.75) is 44.8 Å². The van der Waals surface area contributed by atoms with E-state index in [9.17, 15) is 18.7 Å². The van der Waals surface area contributed by atoms with Crippen LogP contribution in [0.15, 0.2) is 35.1 Å². The number of carboxylic acid groups (broad SMARTS) is 1. The Labute approximate surface area is 185 Å². The molecule has 1 aliphatic carbocycles. The van der Waals surface area contributed by atoms with Crippen LogP contribution in [0.3, 0.4) is 0 Å². The van der Waals surface area contributed by atoms with E-state index in [0.29, 0.717) is 23.3 Å². The molecular weight excluding hydrogens is 474 g/mol.